The molecule has 1 fully saturated rings. The monoisotopic (exact) mass is 504 g/mol. The van der Waals surface area contributed by atoms with Gasteiger partial charge < -0.3 is 4.74 Å². The molecule has 5 aromatic rings. The zero-order valence-corrected chi connectivity index (χ0v) is 22.2. The number of fused-ring (bicyclic) bond motifs is 10. The summed E-state index contributed by atoms with van der Waals surface area (Å²) in [5.74, 6) is 1.02. The van der Waals surface area contributed by atoms with Crippen LogP contribution in [0.2, 0.25) is 0 Å². The van der Waals surface area contributed by atoms with Crippen molar-refractivity contribution in [2.45, 2.75) is 49.5 Å². The third kappa shape index (κ3) is 3.20. The van der Waals surface area contributed by atoms with E-state index in [0.717, 1.165) is 16.9 Å². The predicted octanol–water partition coefficient (Wildman–Crippen LogP) is 9.81. The largest absolute Gasteiger partial charge is 0.472 e. The molecule has 0 unspecified atom stereocenters. The molecule has 0 atom stereocenters. The maximum Gasteiger partial charge on any atom is 0.178 e. The van der Waals surface area contributed by atoms with Crippen molar-refractivity contribution in [3.05, 3.63) is 143 Å². The van der Waals surface area contributed by atoms with E-state index >= 15 is 0 Å². The van der Waals surface area contributed by atoms with Crippen molar-refractivity contribution >= 4 is 16.8 Å². The first-order valence-electron chi connectivity index (χ1n) is 14.5. The van der Waals surface area contributed by atoms with E-state index in [1.54, 1.807) is 0 Å². The lowest BCUT2D eigenvalue weighted by Crippen LogP contribution is -2.35. The van der Waals surface area contributed by atoms with Crippen molar-refractivity contribution in [2.75, 3.05) is 0 Å². The van der Waals surface area contributed by atoms with Crippen LogP contribution in [0.25, 0.3) is 28.0 Å². The average molecular weight is 505 g/mol. The zero-order valence-electron chi connectivity index (χ0n) is 22.2. The first kappa shape index (κ1) is 22.8. The highest BCUT2D eigenvalue weighted by Crippen LogP contribution is 2.61. The Labute approximate surface area is 230 Å². The molecule has 0 N–H and O–H groups in total. The second kappa shape index (κ2) is 8.71. The SMILES string of the molecule is C1=CC(c2ccccc2)(c2ccccc2)Oc2c1c1c(c3ccccc23)-c2ccccc2C12CCCCCC2. The number of hydrogen-bond donors (Lipinski definition) is 0. The van der Waals surface area contributed by atoms with Crippen molar-refractivity contribution < 1.29 is 4.74 Å². The third-order valence-electron chi connectivity index (χ3n) is 9.51. The standard InChI is InChI=1S/C38H32O/c1-2-14-25-37(24-13-1)33-22-12-11-21-31(33)34-29-19-9-10-20-30(29)36-32(35(34)37)23-26-38(39-36,27-15-5-3-6-16-27)28-17-7-4-8-18-28/h3-12,15-23,26H,1-2,13-14,24-25H2. The van der Waals surface area contributed by atoms with E-state index in [4.69, 9.17) is 4.74 Å². The number of hydrogen-bond acceptors (Lipinski definition) is 1. The van der Waals surface area contributed by atoms with Gasteiger partial charge in [-0.15, -0.1) is 0 Å². The van der Waals surface area contributed by atoms with Gasteiger partial charge in [0.25, 0.3) is 0 Å². The quantitative estimate of drug-likeness (QED) is 0.232. The van der Waals surface area contributed by atoms with Crippen LogP contribution in [0.5, 0.6) is 5.75 Å². The van der Waals surface area contributed by atoms with Gasteiger partial charge in [-0.1, -0.05) is 141 Å². The molecule has 0 aromatic heterocycles. The Morgan fingerprint density at radius 1 is 0.564 bits per heavy atom. The highest BCUT2D eigenvalue weighted by atomic mass is 16.5. The molecule has 8 rings (SSSR count). The van der Waals surface area contributed by atoms with E-state index in [1.165, 1.54) is 77.1 Å². The maximum absolute atomic E-state index is 7.41. The molecule has 1 heterocycles. The minimum Gasteiger partial charge on any atom is -0.472 e. The lowest BCUT2D eigenvalue weighted by atomic mass is 9.70. The Morgan fingerprint density at radius 3 is 1.85 bits per heavy atom. The summed E-state index contributed by atoms with van der Waals surface area (Å²) >= 11 is 0. The molecule has 1 spiro atoms. The van der Waals surface area contributed by atoms with Gasteiger partial charge in [0.05, 0.1) is 0 Å². The fourth-order valence-electron chi connectivity index (χ4n) is 7.82. The number of benzene rings is 5. The minimum atomic E-state index is -0.686. The molecule has 1 heteroatoms. The molecular weight excluding hydrogens is 472 g/mol. The van der Waals surface area contributed by atoms with Gasteiger partial charge in [0.1, 0.15) is 5.75 Å². The Hall–Kier alpha value is -4.10. The van der Waals surface area contributed by atoms with E-state index in [9.17, 15) is 0 Å². The topological polar surface area (TPSA) is 9.23 Å². The summed E-state index contributed by atoms with van der Waals surface area (Å²) in [7, 11) is 0. The van der Waals surface area contributed by atoms with Crippen LogP contribution in [0.15, 0.2) is 115 Å². The fraction of sp³-hybridized carbons (Fsp3) is 0.211. The molecule has 3 aliphatic rings. The van der Waals surface area contributed by atoms with Crippen LogP contribution in [0.3, 0.4) is 0 Å². The van der Waals surface area contributed by atoms with E-state index in [1.807, 2.05) is 0 Å². The lowest BCUT2D eigenvalue weighted by molar-refractivity contribution is 0.163. The van der Waals surface area contributed by atoms with Crippen LogP contribution in [0.1, 0.15) is 66.3 Å². The summed E-state index contributed by atoms with van der Waals surface area (Å²) in [6.07, 6.45) is 12.3. The Kier molecular flexibility index (Phi) is 5.10. The lowest BCUT2D eigenvalue weighted by Gasteiger charge is -2.39. The molecule has 0 saturated heterocycles. The summed E-state index contributed by atoms with van der Waals surface area (Å²) in [5.41, 5.74) is 8.82. The summed E-state index contributed by atoms with van der Waals surface area (Å²) < 4.78 is 7.41. The molecule has 0 radical (unpaired) electrons. The third-order valence-corrected chi connectivity index (χ3v) is 9.51. The van der Waals surface area contributed by atoms with Gasteiger partial charge in [-0.05, 0) is 46.6 Å². The van der Waals surface area contributed by atoms with Gasteiger partial charge in [-0.3, -0.25) is 0 Å². The molecule has 5 aromatic carbocycles. The Morgan fingerprint density at radius 2 is 1.15 bits per heavy atom. The second-order valence-electron chi connectivity index (χ2n) is 11.5. The van der Waals surface area contributed by atoms with Crippen LogP contribution in [0.4, 0.5) is 0 Å². The molecule has 0 amide bonds. The molecular formula is C38H32O. The highest BCUT2D eigenvalue weighted by molar-refractivity contribution is 6.08. The fourth-order valence-corrected chi connectivity index (χ4v) is 7.82. The number of rotatable bonds is 2. The first-order valence-corrected chi connectivity index (χ1v) is 14.5. The van der Waals surface area contributed by atoms with Crippen molar-refractivity contribution in [3.8, 4) is 16.9 Å². The maximum atomic E-state index is 7.41. The Balaban J connectivity index is 1.47. The average Bonchev–Trinajstić information content (AvgIpc) is 3.12. The van der Waals surface area contributed by atoms with Gasteiger partial charge in [0.2, 0.25) is 0 Å². The summed E-state index contributed by atoms with van der Waals surface area (Å²) in [6.45, 7) is 0. The molecule has 190 valence electrons. The highest BCUT2D eigenvalue weighted by Gasteiger charge is 2.48. The van der Waals surface area contributed by atoms with Gasteiger partial charge in [0, 0.05) is 27.5 Å². The summed E-state index contributed by atoms with van der Waals surface area (Å²) in [4.78, 5) is 0. The number of ether oxygens (including phenoxy) is 1. The van der Waals surface area contributed by atoms with Crippen LogP contribution in [0, 0.1) is 0 Å². The first-order chi connectivity index (χ1) is 19.3. The Bertz CT molecular complexity index is 1680. The molecule has 2 aliphatic carbocycles. The molecule has 1 aliphatic heterocycles. The summed E-state index contributed by atoms with van der Waals surface area (Å²) in [6, 6.07) is 39.6. The van der Waals surface area contributed by atoms with Crippen molar-refractivity contribution in [1.29, 1.82) is 0 Å². The smallest absolute Gasteiger partial charge is 0.178 e. The molecule has 0 bridgehead atoms. The predicted molar refractivity (Wildman–Crippen MR) is 161 cm³/mol. The minimum absolute atomic E-state index is 0.0454. The molecule has 39 heavy (non-hydrogen) atoms. The van der Waals surface area contributed by atoms with Crippen molar-refractivity contribution in [2.24, 2.45) is 0 Å². The van der Waals surface area contributed by atoms with Crippen LogP contribution >= 0.6 is 0 Å². The van der Waals surface area contributed by atoms with Crippen LogP contribution in [-0.2, 0) is 11.0 Å². The van der Waals surface area contributed by atoms with Gasteiger partial charge >= 0.3 is 0 Å². The van der Waals surface area contributed by atoms with Crippen LogP contribution in [-0.4, -0.2) is 0 Å². The van der Waals surface area contributed by atoms with Crippen molar-refractivity contribution in [1.82, 2.24) is 0 Å². The molecule has 1 saturated carbocycles. The van der Waals surface area contributed by atoms with E-state index in [0.29, 0.717) is 0 Å². The zero-order chi connectivity index (χ0) is 25.9. The van der Waals surface area contributed by atoms with E-state index in [2.05, 4.69) is 121 Å². The van der Waals surface area contributed by atoms with Crippen LogP contribution < -0.4 is 4.74 Å². The van der Waals surface area contributed by atoms with Gasteiger partial charge in [-0.2, -0.15) is 0 Å². The van der Waals surface area contributed by atoms with E-state index < -0.39 is 5.60 Å². The van der Waals surface area contributed by atoms with Crippen molar-refractivity contribution in [3.63, 3.8) is 0 Å². The molecule has 1 nitrogen and oxygen atoms in total. The van der Waals surface area contributed by atoms with Gasteiger partial charge in [0.15, 0.2) is 5.60 Å². The van der Waals surface area contributed by atoms with Gasteiger partial charge in [-0.25, -0.2) is 0 Å². The normalized spacial score (nSPS) is 18.2. The second-order valence-corrected chi connectivity index (χ2v) is 11.5. The van der Waals surface area contributed by atoms with E-state index in [-0.39, 0.29) is 5.41 Å². The summed E-state index contributed by atoms with van der Waals surface area (Å²) in [5, 5.41) is 2.51.